The minimum absolute atomic E-state index is 0.656. The van der Waals surface area contributed by atoms with Gasteiger partial charge in [-0.25, -0.2) is 9.97 Å². The molecule has 0 saturated heterocycles. The fourth-order valence-electron chi connectivity index (χ4n) is 2.65. The lowest BCUT2D eigenvalue weighted by molar-refractivity contribution is 0.551. The predicted octanol–water partition coefficient (Wildman–Crippen LogP) is 3.93. The van der Waals surface area contributed by atoms with Crippen molar-refractivity contribution < 1.29 is 0 Å². The van der Waals surface area contributed by atoms with E-state index in [1.807, 2.05) is 0 Å². The van der Waals surface area contributed by atoms with E-state index in [1.165, 1.54) is 29.0 Å². The summed E-state index contributed by atoms with van der Waals surface area (Å²) in [7, 11) is 0. The molecule has 0 fully saturated rings. The van der Waals surface area contributed by atoms with Gasteiger partial charge in [0.2, 0.25) is 0 Å². The highest BCUT2D eigenvalue weighted by Gasteiger charge is 2.13. The number of nitrogens with zero attached hydrogens (tertiary/aromatic N) is 2. The molecule has 0 saturated carbocycles. The van der Waals surface area contributed by atoms with E-state index in [9.17, 15) is 0 Å². The molecule has 0 spiro atoms. The van der Waals surface area contributed by atoms with E-state index in [0.29, 0.717) is 5.92 Å². The number of anilines is 1. The molecule has 4 nitrogen and oxygen atoms in total. The first-order valence-electron chi connectivity index (χ1n) is 7.08. The van der Waals surface area contributed by atoms with Crippen molar-refractivity contribution in [3.8, 4) is 0 Å². The van der Waals surface area contributed by atoms with E-state index >= 15 is 0 Å². The lowest BCUT2D eigenvalue weighted by Crippen LogP contribution is -2.24. The number of hydrogen-bond acceptors (Lipinski definition) is 5. The Balaban J connectivity index is 1.84. The van der Waals surface area contributed by atoms with Crippen molar-refractivity contribution in [3.05, 3.63) is 28.5 Å². The molecule has 0 radical (unpaired) electrons. The fraction of sp³-hybridized carbons (Fsp3) is 0.467. The number of nitrogens with one attached hydrogen (secondary N) is 2. The van der Waals surface area contributed by atoms with E-state index in [-0.39, 0.29) is 0 Å². The Morgan fingerprint density at radius 3 is 2.90 bits per heavy atom. The molecular formula is C15H20N4S. The minimum atomic E-state index is 0.656. The number of hydrogen-bond donors (Lipinski definition) is 2. The summed E-state index contributed by atoms with van der Waals surface area (Å²) in [5.74, 6) is 1.53. The van der Waals surface area contributed by atoms with Gasteiger partial charge in [0, 0.05) is 10.6 Å². The van der Waals surface area contributed by atoms with Crippen molar-refractivity contribution in [2.24, 2.45) is 5.92 Å². The van der Waals surface area contributed by atoms with Gasteiger partial charge in [0.15, 0.2) is 5.82 Å². The van der Waals surface area contributed by atoms with Gasteiger partial charge in [-0.05, 0) is 44.6 Å². The molecule has 1 aliphatic rings. The largest absolute Gasteiger partial charge is 0.304 e. The second kappa shape index (κ2) is 5.40. The average molecular weight is 288 g/mol. The number of thiophene rings is 1. The van der Waals surface area contributed by atoms with Crippen molar-refractivity contribution in [2.45, 2.75) is 40.0 Å². The molecule has 1 aliphatic carbocycles. The van der Waals surface area contributed by atoms with Crippen LogP contribution < -0.4 is 10.9 Å². The van der Waals surface area contributed by atoms with E-state index in [2.05, 4.69) is 47.7 Å². The van der Waals surface area contributed by atoms with E-state index in [1.54, 1.807) is 17.7 Å². The van der Waals surface area contributed by atoms with Gasteiger partial charge in [0.25, 0.3) is 0 Å². The highest BCUT2D eigenvalue weighted by atomic mass is 32.1. The molecule has 0 bridgehead atoms. The van der Waals surface area contributed by atoms with Crippen LogP contribution in [0.1, 0.15) is 36.6 Å². The lowest BCUT2D eigenvalue weighted by Gasteiger charge is -2.20. The van der Waals surface area contributed by atoms with Crippen LogP contribution in [0.3, 0.4) is 0 Å². The summed E-state index contributed by atoms with van der Waals surface area (Å²) in [6, 6.07) is 0. The van der Waals surface area contributed by atoms with Gasteiger partial charge in [-0.15, -0.1) is 11.3 Å². The van der Waals surface area contributed by atoms with Crippen molar-refractivity contribution in [1.82, 2.24) is 15.4 Å². The molecule has 2 N–H and O–H groups in total. The normalized spacial score (nSPS) is 18.9. The lowest BCUT2D eigenvalue weighted by atomic mass is 9.96. The topological polar surface area (TPSA) is 49.8 Å². The van der Waals surface area contributed by atoms with E-state index in [0.717, 1.165) is 22.5 Å². The Kier molecular flexibility index (Phi) is 3.61. The minimum Gasteiger partial charge on any atom is -0.304 e. The monoisotopic (exact) mass is 288 g/mol. The SMILES string of the molecule is Cc1sc2ncnc(NNC3=C[C@H](C)CCC3)c2c1C. The third kappa shape index (κ3) is 2.50. The molecule has 20 heavy (non-hydrogen) atoms. The van der Waals surface area contributed by atoms with Crippen molar-refractivity contribution in [3.63, 3.8) is 0 Å². The quantitative estimate of drug-likeness (QED) is 0.840. The third-order valence-electron chi connectivity index (χ3n) is 3.90. The van der Waals surface area contributed by atoms with Crippen molar-refractivity contribution in [1.29, 1.82) is 0 Å². The van der Waals surface area contributed by atoms with Gasteiger partial charge >= 0.3 is 0 Å². The Morgan fingerprint density at radius 1 is 1.25 bits per heavy atom. The average Bonchev–Trinajstić information content (AvgIpc) is 2.73. The first-order chi connectivity index (χ1) is 9.65. The molecule has 5 heteroatoms. The second-order valence-electron chi connectivity index (χ2n) is 5.50. The number of rotatable bonds is 3. The van der Waals surface area contributed by atoms with Crippen LogP contribution in [0.15, 0.2) is 18.1 Å². The van der Waals surface area contributed by atoms with E-state index < -0.39 is 0 Å². The van der Waals surface area contributed by atoms with Crippen LogP contribution in [0.4, 0.5) is 5.82 Å². The summed E-state index contributed by atoms with van der Waals surface area (Å²) >= 11 is 1.72. The number of aromatic nitrogens is 2. The molecule has 0 amide bonds. The van der Waals surface area contributed by atoms with Crippen molar-refractivity contribution >= 4 is 27.4 Å². The first-order valence-corrected chi connectivity index (χ1v) is 7.90. The van der Waals surface area contributed by atoms with Crippen LogP contribution in [0.25, 0.3) is 10.2 Å². The van der Waals surface area contributed by atoms with Crippen LogP contribution in [0.2, 0.25) is 0 Å². The maximum atomic E-state index is 4.38. The Morgan fingerprint density at radius 2 is 2.10 bits per heavy atom. The molecule has 2 aromatic rings. The number of aryl methyl sites for hydroxylation is 2. The zero-order valence-corrected chi connectivity index (χ0v) is 13.0. The number of hydrazine groups is 1. The third-order valence-corrected chi connectivity index (χ3v) is 5.01. The fourth-order valence-corrected chi connectivity index (χ4v) is 3.64. The molecule has 0 unspecified atom stereocenters. The van der Waals surface area contributed by atoms with Gasteiger partial charge in [-0.3, -0.25) is 5.43 Å². The van der Waals surface area contributed by atoms with Crippen LogP contribution in [0.5, 0.6) is 0 Å². The van der Waals surface area contributed by atoms with Gasteiger partial charge < -0.3 is 5.43 Å². The Labute approximate surface area is 123 Å². The van der Waals surface area contributed by atoms with E-state index in [4.69, 9.17) is 0 Å². The molecule has 0 aromatic carbocycles. The van der Waals surface area contributed by atoms with Crippen LogP contribution in [0, 0.1) is 19.8 Å². The highest BCUT2D eigenvalue weighted by molar-refractivity contribution is 7.18. The molecular weight excluding hydrogens is 268 g/mol. The summed E-state index contributed by atoms with van der Waals surface area (Å²) < 4.78 is 0. The molecule has 0 aliphatic heterocycles. The summed E-state index contributed by atoms with van der Waals surface area (Å²) in [6.45, 7) is 6.52. The van der Waals surface area contributed by atoms with Crippen LogP contribution >= 0.6 is 11.3 Å². The maximum Gasteiger partial charge on any atom is 0.156 e. The Hall–Kier alpha value is -1.62. The maximum absolute atomic E-state index is 4.38. The molecule has 1 atom stereocenters. The first kappa shape index (κ1) is 13.4. The molecule has 106 valence electrons. The molecule has 2 aromatic heterocycles. The smallest absolute Gasteiger partial charge is 0.156 e. The zero-order chi connectivity index (χ0) is 14.1. The molecule has 2 heterocycles. The highest BCUT2D eigenvalue weighted by Crippen LogP contribution is 2.32. The summed E-state index contributed by atoms with van der Waals surface area (Å²) in [6.07, 6.45) is 7.57. The summed E-state index contributed by atoms with van der Waals surface area (Å²) in [5.41, 5.74) is 9.12. The van der Waals surface area contributed by atoms with Gasteiger partial charge in [0.05, 0.1) is 5.39 Å². The number of fused-ring (bicyclic) bond motifs is 1. The number of allylic oxidation sites excluding steroid dienone is 2. The van der Waals surface area contributed by atoms with Gasteiger partial charge in [0.1, 0.15) is 11.2 Å². The van der Waals surface area contributed by atoms with Crippen LogP contribution in [-0.2, 0) is 0 Å². The summed E-state index contributed by atoms with van der Waals surface area (Å²) in [4.78, 5) is 11.1. The summed E-state index contributed by atoms with van der Waals surface area (Å²) in [5, 5.41) is 1.13. The van der Waals surface area contributed by atoms with Crippen molar-refractivity contribution in [2.75, 3.05) is 5.43 Å². The zero-order valence-electron chi connectivity index (χ0n) is 12.2. The molecule has 3 rings (SSSR count). The predicted molar refractivity (Wildman–Crippen MR) is 84.7 cm³/mol. The second-order valence-corrected chi connectivity index (χ2v) is 6.70. The van der Waals surface area contributed by atoms with Crippen LogP contribution in [-0.4, -0.2) is 9.97 Å². The van der Waals surface area contributed by atoms with Gasteiger partial charge in [-0.2, -0.15) is 0 Å². The Bertz CT molecular complexity index is 659. The standard InChI is InChI=1S/C15H20N4S/c1-9-5-4-6-12(7-9)18-19-14-13-10(2)11(3)20-15(13)17-8-16-14/h7-9,18H,4-6H2,1-3H3,(H,16,17,19)/t9-/m1/s1. The van der Waals surface area contributed by atoms with Gasteiger partial charge in [-0.1, -0.05) is 13.0 Å².